The van der Waals surface area contributed by atoms with E-state index in [2.05, 4.69) is 0 Å². The molecule has 9 heteroatoms. The first-order valence-electron chi connectivity index (χ1n) is 6.21. The number of hydrogen-bond donors (Lipinski definition) is 0. The molecule has 0 saturated heterocycles. The predicted octanol–water partition coefficient (Wildman–Crippen LogP) is 2.09. The van der Waals surface area contributed by atoms with Crippen molar-refractivity contribution >= 4 is 25.4 Å². The van der Waals surface area contributed by atoms with E-state index in [-0.39, 0.29) is 10.6 Å². The molecule has 0 radical (unpaired) electrons. The Bertz CT molecular complexity index is 890. The van der Waals surface area contributed by atoms with E-state index in [9.17, 15) is 26.9 Å². The second-order valence-corrected chi connectivity index (χ2v) is 8.64. The quantitative estimate of drug-likeness (QED) is 0.614. The molecule has 0 aliphatic carbocycles. The fourth-order valence-corrected chi connectivity index (χ4v) is 2.81. The second-order valence-electron chi connectivity index (χ2n) is 4.61. The van der Waals surface area contributed by atoms with Crippen LogP contribution in [0.1, 0.15) is 0 Å². The van der Waals surface area contributed by atoms with Gasteiger partial charge in [0.1, 0.15) is 0 Å². The number of nitro benzene ring substituents is 1. The maximum absolute atomic E-state index is 11.0. The van der Waals surface area contributed by atoms with Gasteiger partial charge in [-0.1, -0.05) is 24.3 Å². The molecule has 0 aliphatic rings. The first kappa shape index (κ1) is 18.8. The van der Waals surface area contributed by atoms with Crippen LogP contribution in [0.4, 0.5) is 5.69 Å². The van der Waals surface area contributed by atoms with Crippen LogP contribution in [-0.2, 0) is 19.7 Å². The van der Waals surface area contributed by atoms with Crippen molar-refractivity contribution in [3.8, 4) is 0 Å². The summed E-state index contributed by atoms with van der Waals surface area (Å²) in [5.41, 5.74) is -0.220. The third-order valence-corrected chi connectivity index (χ3v) is 4.87. The standard InChI is InChI=1S/C7H7NO4S.C7H8O2S/c1-13(11,12)7-4-2-3-6(5-7)8(9)10;1-10(8,9)7-5-3-2-4-6-7/h2-5H,1H3;2-6H,1H3. The van der Waals surface area contributed by atoms with Gasteiger partial charge in [0, 0.05) is 24.6 Å². The van der Waals surface area contributed by atoms with Crippen LogP contribution in [0, 0.1) is 10.1 Å². The van der Waals surface area contributed by atoms with Gasteiger partial charge in [0.15, 0.2) is 19.7 Å². The Kier molecular flexibility index (Phi) is 5.99. The predicted molar refractivity (Wildman–Crippen MR) is 85.8 cm³/mol. The average Bonchev–Trinajstić information content (AvgIpc) is 2.47. The van der Waals surface area contributed by atoms with Gasteiger partial charge >= 0.3 is 0 Å². The summed E-state index contributed by atoms with van der Waals surface area (Å²) in [5, 5.41) is 10.3. The van der Waals surface area contributed by atoms with Crippen molar-refractivity contribution in [2.24, 2.45) is 0 Å². The Labute approximate surface area is 134 Å². The lowest BCUT2D eigenvalue weighted by atomic mass is 10.3. The largest absolute Gasteiger partial charge is 0.270 e. The summed E-state index contributed by atoms with van der Waals surface area (Å²) in [6.45, 7) is 0. The molecule has 0 N–H and O–H groups in total. The van der Waals surface area contributed by atoms with Gasteiger partial charge in [-0.25, -0.2) is 16.8 Å². The number of hydrogen-bond acceptors (Lipinski definition) is 6. The Morgan fingerprint density at radius 3 is 1.65 bits per heavy atom. The van der Waals surface area contributed by atoms with Gasteiger partial charge in [-0.15, -0.1) is 0 Å². The maximum Gasteiger partial charge on any atom is 0.270 e. The molecule has 0 fully saturated rings. The minimum atomic E-state index is -3.36. The Balaban J connectivity index is 0.000000238. The molecule has 2 aromatic carbocycles. The topological polar surface area (TPSA) is 111 Å². The lowest BCUT2D eigenvalue weighted by Gasteiger charge is -1.96. The highest BCUT2D eigenvalue weighted by Gasteiger charge is 2.11. The Hall–Kier alpha value is -2.26. The van der Waals surface area contributed by atoms with Gasteiger partial charge < -0.3 is 0 Å². The average molecular weight is 357 g/mol. The lowest BCUT2D eigenvalue weighted by molar-refractivity contribution is -0.385. The molecule has 0 bridgehead atoms. The van der Waals surface area contributed by atoms with Crippen LogP contribution in [0.2, 0.25) is 0 Å². The number of nitrogens with zero attached hydrogens (tertiary/aromatic N) is 1. The summed E-state index contributed by atoms with van der Waals surface area (Å²) in [6, 6.07) is 13.3. The highest BCUT2D eigenvalue weighted by Crippen LogP contribution is 2.16. The molecule has 0 aliphatic heterocycles. The molecule has 0 aromatic heterocycles. The fraction of sp³-hybridized carbons (Fsp3) is 0.143. The van der Waals surface area contributed by atoms with Crippen LogP contribution in [0.25, 0.3) is 0 Å². The van der Waals surface area contributed by atoms with Gasteiger partial charge in [-0.2, -0.15) is 0 Å². The molecule has 7 nitrogen and oxygen atoms in total. The summed E-state index contributed by atoms with van der Waals surface area (Å²) in [5.74, 6) is 0. The molecule has 2 aromatic rings. The van der Waals surface area contributed by atoms with Crippen molar-refractivity contribution < 1.29 is 21.8 Å². The van der Waals surface area contributed by atoms with E-state index >= 15 is 0 Å². The van der Waals surface area contributed by atoms with E-state index in [0.29, 0.717) is 4.90 Å². The van der Waals surface area contributed by atoms with Crippen molar-refractivity contribution in [1.29, 1.82) is 0 Å². The summed E-state index contributed by atoms with van der Waals surface area (Å²) in [4.78, 5) is 9.99. The van der Waals surface area contributed by atoms with Crippen molar-refractivity contribution in [3.63, 3.8) is 0 Å². The van der Waals surface area contributed by atoms with Gasteiger partial charge in [-0.05, 0) is 18.2 Å². The first-order chi connectivity index (χ1) is 10.5. The summed E-state index contributed by atoms with van der Waals surface area (Å²) < 4.78 is 43.6. The van der Waals surface area contributed by atoms with Crippen molar-refractivity contribution in [2.45, 2.75) is 9.79 Å². The fourth-order valence-electron chi connectivity index (χ4n) is 1.50. The van der Waals surface area contributed by atoms with E-state index in [1.165, 1.54) is 24.5 Å². The number of rotatable bonds is 3. The summed E-state index contributed by atoms with van der Waals surface area (Å²) >= 11 is 0. The SMILES string of the molecule is CS(=O)(=O)c1cccc([N+](=O)[O-])c1.CS(=O)(=O)c1ccccc1. The van der Waals surface area contributed by atoms with Crippen LogP contribution in [0.15, 0.2) is 64.4 Å². The Morgan fingerprint density at radius 2 is 1.26 bits per heavy atom. The van der Waals surface area contributed by atoms with E-state index in [1.54, 1.807) is 30.3 Å². The van der Waals surface area contributed by atoms with Gasteiger partial charge in [0.05, 0.1) is 14.7 Å². The van der Waals surface area contributed by atoms with Crippen molar-refractivity contribution in [2.75, 3.05) is 12.5 Å². The zero-order chi connectivity index (χ0) is 17.7. The van der Waals surface area contributed by atoms with Crippen LogP contribution >= 0.6 is 0 Å². The van der Waals surface area contributed by atoms with E-state index in [1.807, 2.05) is 0 Å². The summed E-state index contributed by atoms with van der Waals surface area (Å²) in [6.07, 6.45) is 2.20. The van der Waals surface area contributed by atoms with E-state index in [4.69, 9.17) is 0 Å². The molecule has 0 heterocycles. The Morgan fingerprint density at radius 1 is 0.783 bits per heavy atom. The molecule has 2 rings (SSSR count). The third kappa shape index (κ3) is 6.17. The monoisotopic (exact) mass is 357 g/mol. The molecular weight excluding hydrogens is 342 g/mol. The number of non-ortho nitro benzene ring substituents is 1. The van der Waals surface area contributed by atoms with Crippen LogP contribution in [0.5, 0.6) is 0 Å². The van der Waals surface area contributed by atoms with Gasteiger partial charge in [0.25, 0.3) is 5.69 Å². The molecule has 0 unspecified atom stereocenters. The van der Waals surface area contributed by atoms with Crippen LogP contribution in [-0.4, -0.2) is 34.3 Å². The van der Waals surface area contributed by atoms with Gasteiger partial charge in [0.2, 0.25) is 0 Å². The first-order valence-corrected chi connectivity index (χ1v) is 10.00. The third-order valence-electron chi connectivity index (χ3n) is 2.63. The molecule has 0 atom stereocenters. The normalized spacial score (nSPS) is 11.2. The minimum Gasteiger partial charge on any atom is -0.258 e. The molecule has 124 valence electrons. The summed E-state index contributed by atoms with van der Waals surface area (Å²) in [7, 11) is -6.37. The lowest BCUT2D eigenvalue weighted by Crippen LogP contribution is -1.97. The molecule has 0 saturated carbocycles. The van der Waals surface area contributed by atoms with Crippen molar-refractivity contribution in [1.82, 2.24) is 0 Å². The maximum atomic E-state index is 11.0. The van der Waals surface area contributed by atoms with Gasteiger partial charge in [-0.3, -0.25) is 10.1 Å². The smallest absolute Gasteiger partial charge is 0.258 e. The zero-order valence-electron chi connectivity index (χ0n) is 12.4. The van der Waals surface area contributed by atoms with Crippen molar-refractivity contribution in [3.05, 3.63) is 64.7 Å². The molecule has 0 spiro atoms. The molecule has 23 heavy (non-hydrogen) atoms. The number of benzene rings is 2. The molecule has 0 amide bonds. The second kappa shape index (κ2) is 7.34. The van der Waals surface area contributed by atoms with E-state index in [0.717, 1.165) is 12.3 Å². The van der Waals surface area contributed by atoms with Crippen LogP contribution < -0.4 is 0 Å². The zero-order valence-corrected chi connectivity index (χ0v) is 14.0. The van der Waals surface area contributed by atoms with E-state index < -0.39 is 24.6 Å². The van der Waals surface area contributed by atoms with Crippen LogP contribution in [0.3, 0.4) is 0 Å². The number of sulfone groups is 2. The number of nitro groups is 1. The highest BCUT2D eigenvalue weighted by molar-refractivity contribution is 7.91. The molecular formula is C14H15NO6S2. The minimum absolute atomic E-state index is 0.0401. The highest BCUT2D eigenvalue weighted by atomic mass is 32.2.